The molecule has 0 atom stereocenters. The highest BCUT2D eigenvalue weighted by Gasteiger charge is 2.15. The molecule has 22 heavy (non-hydrogen) atoms. The van der Waals surface area contributed by atoms with Crippen LogP contribution in [0.15, 0.2) is 48.5 Å². The Labute approximate surface area is 124 Å². The summed E-state index contributed by atoms with van der Waals surface area (Å²) in [6.45, 7) is 0. The number of hydrogen-bond acceptors (Lipinski definition) is 2. The van der Waals surface area contributed by atoms with Gasteiger partial charge in [0.25, 0.3) is 5.91 Å². The van der Waals surface area contributed by atoms with Crippen molar-refractivity contribution in [3.05, 3.63) is 65.6 Å². The van der Waals surface area contributed by atoms with Crippen LogP contribution < -0.4 is 5.32 Å². The predicted molar refractivity (Wildman–Crippen MR) is 79.6 cm³/mol. The standard InChI is InChI=1S/C16H11FN2O3/c17-10-5-6-11(16(21)22)13(8-10)19-15(20)14-7-9-3-1-2-4-12(9)18-14/h1-8,18H,(H,19,20)(H,21,22). The summed E-state index contributed by atoms with van der Waals surface area (Å²) in [7, 11) is 0. The van der Waals surface area contributed by atoms with Gasteiger partial charge in [-0.15, -0.1) is 0 Å². The van der Waals surface area contributed by atoms with E-state index >= 15 is 0 Å². The molecule has 0 saturated heterocycles. The molecule has 1 aromatic heterocycles. The largest absolute Gasteiger partial charge is 0.478 e. The average Bonchev–Trinajstić information content (AvgIpc) is 2.91. The maximum atomic E-state index is 13.3. The van der Waals surface area contributed by atoms with Crippen molar-refractivity contribution < 1.29 is 19.1 Å². The highest BCUT2D eigenvalue weighted by molar-refractivity contribution is 6.08. The van der Waals surface area contributed by atoms with E-state index in [2.05, 4.69) is 10.3 Å². The summed E-state index contributed by atoms with van der Waals surface area (Å²) in [4.78, 5) is 26.2. The molecule has 0 fully saturated rings. The third kappa shape index (κ3) is 2.54. The minimum absolute atomic E-state index is 0.0869. The molecule has 3 aromatic rings. The van der Waals surface area contributed by atoms with Gasteiger partial charge in [0.15, 0.2) is 0 Å². The van der Waals surface area contributed by atoms with E-state index in [0.717, 1.165) is 29.1 Å². The lowest BCUT2D eigenvalue weighted by Gasteiger charge is -2.07. The minimum Gasteiger partial charge on any atom is -0.478 e. The number of carboxylic acid groups (broad SMARTS) is 1. The van der Waals surface area contributed by atoms with Crippen molar-refractivity contribution in [2.24, 2.45) is 0 Å². The summed E-state index contributed by atoms with van der Waals surface area (Å²) in [6, 6.07) is 12.1. The number of rotatable bonds is 3. The van der Waals surface area contributed by atoms with Crippen LogP contribution in [-0.2, 0) is 0 Å². The van der Waals surface area contributed by atoms with Crippen LogP contribution in [0.25, 0.3) is 10.9 Å². The minimum atomic E-state index is -1.24. The van der Waals surface area contributed by atoms with Crippen LogP contribution in [0.4, 0.5) is 10.1 Å². The number of aromatic nitrogens is 1. The van der Waals surface area contributed by atoms with Gasteiger partial charge in [0.2, 0.25) is 0 Å². The van der Waals surface area contributed by atoms with Crippen molar-refractivity contribution in [2.75, 3.05) is 5.32 Å². The topological polar surface area (TPSA) is 82.2 Å². The number of anilines is 1. The third-order valence-corrected chi connectivity index (χ3v) is 3.23. The molecule has 2 aromatic carbocycles. The number of halogens is 1. The van der Waals surface area contributed by atoms with Gasteiger partial charge in [0.05, 0.1) is 11.3 Å². The van der Waals surface area contributed by atoms with Crippen LogP contribution in [0.2, 0.25) is 0 Å². The Balaban J connectivity index is 1.94. The number of H-pyrrole nitrogens is 1. The molecule has 0 unspecified atom stereocenters. The van der Waals surface area contributed by atoms with E-state index in [1.54, 1.807) is 6.07 Å². The normalized spacial score (nSPS) is 10.6. The molecular formula is C16H11FN2O3. The highest BCUT2D eigenvalue weighted by Crippen LogP contribution is 2.20. The van der Waals surface area contributed by atoms with Gasteiger partial charge in [-0.1, -0.05) is 18.2 Å². The van der Waals surface area contributed by atoms with Gasteiger partial charge in [-0.3, -0.25) is 4.79 Å². The van der Waals surface area contributed by atoms with Crippen LogP contribution in [0, 0.1) is 5.82 Å². The van der Waals surface area contributed by atoms with Crippen molar-refractivity contribution >= 4 is 28.5 Å². The van der Waals surface area contributed by atoms with Gasteiger partial charge in [-0.2, -0.15) is 0 Å². The smallest absolute Gasteiger partial charge is 0.337 e. The van der Waals surface area contributed by atoms with Crippen molar-refractivity contribution in [1.29, 1.82) is 0 Å². The molecule has 0 aliphatic carbocycles. The fourth-order valence-corrected chi connectivity index (χ4v) is 2.19. The maximum Gasteiger partial charge on any atom is 0.337 e. The molecule has 0 spiro atoms. The molecule has 0 bridgehead atoms. The zero-order valence-electron chi connectivity index (χ0n) is 11.3. The van der Waals surface area contributed by atoms with Gasteiger partial charge in [0, 0.05) is 10.9 Å². The lowest BCUT2D eigenvalue weighted by atomic mass is 10.1. The van der Waals surface area contributed by atoms with Gasteiger partial charge in [0.1, 0.15) is 11.5 Å². The molecule has 3 N–H and O–H groups in total. The number of fused-ring (bicyclic) bond motifs is 1. The van der Waals surface area contributed by atoms with E-state index < -0.39 is 17.7 Å². The van der Waals surface area contributed by atoms with Crippen LogP contribution in [0.5, 0.6) is 0 Å². The molecule has 0 aliphatic heterocycles. The lowest BCUT2D eigenvalue weighted by Crippen LogP contribution is -2.15. The number of benzene rings is 2. The quantitative estimate of drug-likeness (QED) is 0.694. The Morgan fingerprint density at radius 1 is 1.09 bits per heavy atom. The van der Waals surface area contributed by atoms with Crippen LogP contribution >= 0.6 is 0 Å². The van der Waals surface area contributed by atoms with Gasteiger partial charge in [-0.25, -0.2) is 9.18 Å². The molecule has 1 heterocycles. The number of carboxylic acids is 1. The Morgan fingerprint density at radius 2 is 1.86 bits per heavy atom. The summed E-state index contributed by atoms with van der Waals surface area (Å²) in [5.74, 6) is -2.41. The van der Waals surface area contributed by atoms with Gasteiger partial charge < -0.3 is 15.4 Å². The summed E-state index contributed by atoms with van der Waals surface area (Å²) >= 11 is 0. The van der Waals surface area contributed by atoms with Crippen molar-refractivity contribution in [1.82, 2.24) is 4.98 Å². The fraction of sp³-hybridized carbons (Fsp3) is 0. The Hall–Kier alpha value is -3.15. The SMILES string of the molecule is O=C(Nc1cc(F)ccc1C(=O)O)c1cc2ccccc2[nH]1. The van der Waals surface area contributed by atoms with E-state index in [-0.39, 0.29) is 16.9 Å². The van der Waals surface area contributed by atoms with Gasteiger partial charge >= 0.3 is 5.97 Å². The van der Waals surface area contributed by atoms with E-state index in [4.69, 9.17) is 5.11 Å². The average molecular weight is 298 g/mol. The third-order valence-electron chi connectivity index (χ3n) is 3.23. The van der Waals surface area contributed by atoms with Crippen LogP contribution in [-0.4, -0.2) is 22.0 Å². The van der Waals surface area contributed by atoms with E-state index in [9.17, 15) is 14.0 Å². The molecule has 1 amide bonds. The number of amides is 1. The number of nitrogens with one attached hydrogen (secondary N) is 2. The molecule has 110 valence electrons. The number of aromatic carboxylic acids is 1. The Bertz CT molecular complexity index is 853. The molecular weight excluding hydrogens is 287 g/mol. The molecule has 5 nitrogen and oxygen atoms in total. The van der Waals surface area contributed by atoms with Crippen molar-refractivity contribution in [2.45, 2.75) is 0 Å². The summed E-state index contributed by atoms with van der Waals surface area (Å²) in [5, 5.41) is 12.3. The summed E-state index contributed by atoms with van der Waals surface area (Å²) in [5.41, 5.74) is 0.786. The molecule has 0 saturated carbocycles. The molecule has 0 radical (unpaired) electrons. The molecule has 3 rings (SSSR count). The van der Waals surface area contributed by atoms with E-state index in [1.165, 1.54) is 0 Å². The number of carbonyl (C=O) groups is 2. The van der Waals surface area contributed by atoms with Crippen molar-refractivity contribution in [3.8, 4) is 0 Å². The first-order valence-corrected chi connectivity index (χ1v) is 6.46. The lowest BCUT2D eigenvalue weighted by molar-refractivity contribution is 0.0698. The second-order valence-corrected chi connectivity index (χ2v) is 4.72. The summed E-state index contributed by atoms with van der Waals surface area (Å²) in [6.07, 6.45) is 0. The second-order valence-electron chi connectivity index (χ2n) is 4.72. The maximum absolute atomic E-state index is 13.3. The van der Waals surface area contributed by atoms with Crippen LogP contribution in [0.1, 0.15) is 20.8 Å². The fourth-order valence-electron chi connectivity index (χ4n) is 2.19. The molecule has 0 aliphatic rings. The number of carbonyl (C=O) groups excluding carboxylic acids is 1. The first kappa shape index (κ1) is 13.8. The second kappa shape index (κ2) is 5.33. The van der Waals surface area contributed by atoms with E-state index in [0.29, 0.717) is 0 Å². The zero-order valence-corrected chi connectivity index (χ0v) is 11.3. The number of para-hydroxylation sites is 1. The Morgan fingerprint density at radius 3 is 2.59 bits per heavy atom. The first-order chi connectivity index (χ1) is 10.5. The zero-order chi connectivity index (χ0) is 15.7. The number of hydrogen-bond donors (Lipinski definition) is 3. The summed E-state index contributed by atoms with van der Waals surface area (Å²) < 4.78 is 13.3. The predicted octanol–water partition coefficient (Wildman–Crippen LogP) is 3.26. The number of aromatic amines is 1. The van der Waals surface area contributed by atoms with Crippen molar-refractivity contribution in [3.63, 3.8) is 0 Å². The highest BCUT2D eigenvalue weighted by atomic mass is 19.1. The molecule has 6 heteroatoms. The monoisotopic (exact) mass is 298 g/mol. The van der Waals surface area contributed by atoms with Crippen LogP contribution in [0.3, 0.4) is 0 Å². The Kier molecular flexibility index (Phi) is 3.34. The van der Waals surface area contributed by atoms with E-state index in [1.807, 2.05) is 24.3 Å². The first-order valence-electron chi connectivity index (χ1n) is 6.46. The van der Waals surface area contributed by atoms with Gasteiger partial charge in [-0.05, 0) is 30.3 Å².